The molecule has 0 aliphatic carbocycles. The van der Waals surface area contributed by atoms with Crippen molar-refractivity contribution in [2.45, 2.75) is 39.4 Å². The first-order valence-electron chi connectivity index (χ1n) is 6.68. The molecule has 2 amide bonds. The molecule has 1 rings (SSSR count). The summed E-state index contributed by atoms with van der Waals surface area (Å²) in [4.78, 5) is 35.1. The molecule has 1 N–H and O–H groups in total. The summed E-state index contributed by atoms with van der Waals surface area (Å²) in [6.45, 7) is 6.79. The molecule has 1 aliphatic heterocycles. The normalized spacial score (nSPS) is 16.0. The Morgan fingerprint density at radius 3 is 1.95 bits per heavy atom. The molecule has 1 heterocycles. The van der Waals surface area contributed by atoms with Gasteiger partial charge < -0.3 is 0 Å². The first-order chi connectivity index (χ1) is 9.64. The van der Waals surface area contributed by atoms with Crippen molar-refractivity contribution in [2.75, 3.05) is 6.54 Å². The van der Waals surface area contributed by atoms with Gasteiger partial charge in [-0.3, -0.25) is 23.8 Å². The lowest BCUT2D eigenvalue weighted by Crippen LogP contribution is -2.39. The molecule has 8 heteroatoms. The van der Waals surface area contributed by atoms with Gasteiger partial charge in [-0.05, 0) is 6.42 Å². The summed E-state index contributed by atoms with van der Waals surface area (Å²) in [5.74, 6) is -2.34. The van der Waals surface area contributed by atoms with E-state index in [1.165, 1.54) is 13.8 Å². The van der Waals surface area contributed by atoms with Crippen LogP contribution in [0.25, 0.3) is 0 Å². The number of carbonyl (C=O) groups is 3. The van der Waals surface area contributed by atoms with Crippen LogP contribution in [-0.4, -0.2) is 47.3 Å². The van der Waals surface area contributed by atoms with Crippen molar-refractivity contribution in [2.24, 2.45) is 5.92 Å². The second-order valence-electron chi connectivity index (χ2n) is 4.51. The fraction of sp³-hybridized carbons (Fsp3) is 0.615. The van der Waals surface area contributed by atoms with Gasteiger partial charge in [0.05, 0.1) is 0 Å². The SMILES string of the molecule is CC.CC(C)C(=O)C(CCN1C(=O)C=CC1=O)S(=O)(=O)O. The zero-order valence-electron chi connectivity index (χ0n) is 12.6. The van der Waals surface area contributed by atoms with E-state index in [0.717, 1.165) is 17.1 Å². The molecular weight excluding hydrogens is 298 g/mol. The minimum Gasteiger partial charge on any atom is -0.298 e. The van der Waals surface area contributed by atoms with Crippen LogP contribution in [0.5, 0.6) is 0 Å². The predicted octanol–water partition coefficient (Wildman–Crippen LogP) is 0.809. The van der Waals surface area contributed by atoms with Gasteiger partial charge in [0.2, 0.25) is 0 Å². The van der Waals surface area contributed by atoms with E-state index in [-0.39, 0.29) is 13.0 Å². The Kier molecular flexibility index (Phi) is 7.45. The minimum absolute atomic E-state index is 0.229. The minimum atomic E-state index is -4.56. The lowest BCUT2D eigenvalue weighted by atomic mass is 10.0. The molecule has 7 nitrogen and oxygen atoms in total. The fourth-order valence-electron chi connectivity index (χ4n) is 1.71. The molecule has 0 radical (unpaired) electrons. The van der Waals surface area contributed by atoms with Gasteiger partial charge in [0, 0.05) is 24.6 Å². The Morgan fingerprint density at radius 1 is 1.19 bits per heavy atom. The number of amides is 2. The van der Waals surface area contributed by atoms with E-state index in [4.69, 9.17) is 4.55 Å². The highest BCUT2D eigenvalue weighted by Gasteiger charge is 2.34. The second-order valence-corrected chi connectivity index (χ2v) is 6.11. The lowest BCUT2D eigenvalue weighted by molar-refractivity contribution is -0.137. The Hall–Kier alpha value is -1.54. The number of hydrogen-bond donors (Lipinski definition) is 1. The third-order valence-electron chi connectivity index (χ3n) is 2.76. The van der Waals surface area contributed by atoms with Crippen molar-refractivity contribution in [3.63, 3.8) is 0 Å². The van der Waals surface area contributed by atoms with Crippen LogP contribution < -0.4 is 0 Å². The largest absolute Gasteiger partial charge is 0.298 e. The molecule has 0 aromatic carbocycles. The van der Waals surface area contributed by atoms with Crippen molar-refractivity contribution in [1.82, 2.24) is 4.90 Å². The maximum Gasteiger partial charge on any atom is 0.275 e. The van der Waals surface area contributed by atoms with Gasteiger partial charge >= 0.3 is 0 Å². The summed E-state index contributed by atoms with van der Waals surface area (Å²) in [7, 11) is -4.56. The Morgan fingerprint density at radius 2 is 1.62 bits per heavy atom. The number of carbonyl (C=O) groups excluding carboxylic acids is 3. The predicted molar refractivity (Wildman–Crippen MR) is 77.0 cm³/mol. The molecule has 0 fully saturated rings. The van der Waals surface area contributed by atoms with Gasteiger partial charge in [-0.1, -0.05) is 27.7 Å². The molecule has 0 saturated carbocycles. The summed E-state index contributed by atoms with van der Waals surface area (Å²) in [5.41, 5.74) is 0. The molecule has 120 valence electrons. The molecule has 0 spiro atoms. The summed E-state index contributed by atoms with van der Waals surface area (Å²) in [5, 5.41) is -1.62. The van der Waals surface area contributed by atoms with Crippen LogP contribution in [0, 0.1) is 5.92 Å². The maximum absolute atomic E-state index is 11.7. The Balaban J connectivity index is 0.00000191. The van der Waals surface area contributed by atoms with Crippen LogP contribution in [0.3, 0.4) is 0 Å². The number of nitrogens with zero attached hydrogens (tertiary/aromatic N) is 1. The number of ketones is 1. The zero-order valence-corrected chi connectivity index (χ0v) is 13.4. The zero-order chi connectivity index (χ0) is 16.8. The van der Waals surface area contributed by atoms with Crippen molar-refractivity contribution < 1.29 is 27.4 Å². The second kappa shape index (κ2) is 8.04. The van der Waals surface area contributed by atoms with Crippen LogP contribution in [-0.2, 0) is 24.5 Å². The maximum atomic E-state index is 11.7. The molecular formula is C13H21NO6S. The summed E-state index contributed by atoms with van der Waals surface area (Å²) in [6.07, 6.45) is 1.82. The van der Waals surface area contributed by atoms with Gasteiger partial charge in [0.1, 0.15) is 5.25 Å². The Bertz CT molecular complexity index is 517. The highest BCUT2D eigenvalue weighted by molar-refractivity contribution is 7.87. The van der Waals surface area contributed by atoms with E-state index in [0.29, 0.717) is 0 Å². The molecule has 1 unspecified atom stereocenters. The highest BCUT2D eigenvalue weighted by Crippen LogP contribution is 2.14. The van der Waals surface area contributed by atoms with Gasteiger partial charge in [0.25, 0.3) is 21.9 Å². The van der Waals surface area contributed by atoms with Gasteiger partial charge in [0.15, 0.2) is 5.78 Å². The van der Waals surface area contributed by atoms with Gasteiger partial charge in [-0.15, -0.1) is 0 Å². The highest BCUT2D eigenvalue weighted by atomic mass is 32.2. The van der Waals surface area contributed by atoms with Crippen molar-refractivity contribution in [3.05, 3.63) is 12.2 Å². The first kappa shape index (κ1) is 19.5. The van der Waals surface area contributed by atoms with E-state index in [1.54, 1.807) is 0 Å². The molecule has 1 atom stereocenters. The lowest BCUT2D eigenvalue weighted by Gasteiger charge is -2.18. The van der Waals surface area contributed by atoms with E-state index in [2.05, 4.69) is 0 Å². The summed E-state index contributed by atoms with van der Waals surface area (Å²) >= 11 is 0. The average molecular weight is 319 g/mol. The van der Waals surface area contributed by atoms with Crippen molar-refractivity contribution in [3.8, 4) is 0 Å². The number of imide groups is 1. The monoisotopic (exact) mass is 319 g/mol. The van der Waals surface area contributed by atoms with E-state index < -0.39 is 38.9 Å². The van der Waals surface area contributed by atoms with Gasteiger partial charge in [-0.2, -0.15) is 8.42 Å². The molecule has 0 saturated heterocycles. The summed E-state index contributed by atoms with van der Waals surface area (Å²) in [6, 6.07) is 0. The molecule has 0 aromatic heterocycles. The smallest absolute Gasteiger partial charge is 0.275 e. The topological polar surface area (TPSA) is 109 Å². The van der Waals surface area contributed by atoms with Crippen molar-refractivity contribution >= 4 is 27.7 Å². The average Bonchev–Trinajstić information content (AvgIpc) is 2.70. The van der Waals surface area contributed by atoms with Crippen LogP contribution >= 0.6 is 0 Å². The molecule has 1 aliphatic rings. The Labute approximate surface area is 124 Å². The van der Waals surface area contributed by atoms with Crippen LogP contribution in [0.15, 0.2) is 12.2 Å². The van der Waals surface area contributed by atoms with Crippen LogP contribution in [0.1, 0.15) is 34.1 Å². The number of Topliss-reactive ketones (excluding diaryl/α,β-unsaturated/α-hetero) is 1. The quantitative estimate of drug-likeness (QED) is 0.573. The van der Waals surface area contributed by atoms with E-state index in [1.807, 2.05) is 13.8 Å². The standard InChI is InChI=1S/C11H15NO6S.C2H6/c1-7(2)11(15)8(19(16,17)18)5-6-12-9(13)3-4-10(12)14;1-2/h3-4,7-8H,5-6H2,1-2H3,(H,16,17,18);1-2H3. The molecule has 0 aromatic rings. The van der Waals surface area contributed by atoms with Crippen LogP contribution in [0.4, 0.5) is 0 Å². The number of hydrogen-bond acceptors (Lipinski definition) is 5. The number of rotatable bonds is 6. The fourth-order valence-corrected chi connectivity index (χ4v) is 2.68. The van der Waals surface area contributed by atoms with E-state index >= 15 is 0 Å². The summed E-state index contributed by atoms with van der Waals surface area (Å²) < 4.78 is 31.4. The molecule has 0 bridgehead atoms. The van der Waals surface area contributed by atoms with Gasteiger partial charge in [-0.25, -0.2) is 0 Å². The third kappa shape index (κ3) is 5.39. The van der Waals surface area contributed by atoms with Crippen molar-refractivity contribution in [1.29, 1.82) is 0 Å². The molecule has 21 heavy (non-hydrogen) atoms. The van der Waals surface area contributed by atoms with E-state index in [9.17, 15) is 22.8 Å². The first-order valence-corrected chi connectivity index (χ1v) is 8.18. The van der Waals surface area contributed by atoms with Crippen LogP contribution in [0.2, 0.25) is 0 Å². The third-order valence-corrected chi connectivity index (χ3v) is 3.95.